The van der Waals surface area contributed by atoms with Gasteiger partial charge in [0.2, 0.25) is 6.10 Å². The molecule has 0 saturated heterocycles. The Labute approximate surface area is 100 Å². The molecule has 0 amide bonds. The van der Waals surface area contributed by atoms with Gasteiger partial charge in [0.25, 0.3) is 0 Å². The van der Waals surface area contributed by atoms with Crippen molar-refractivity contribution in [2.45, 2.75) is 12.3 Å². The molecule has 2 N–H and O–H groups in total. The van der Waals surface area contributed by atoms with E-state index in [4.69, 9.17) is 28.9 Å². The second-order valence-electron chi connectivity index (χ2n) is 2.96. The predicted molar refractivity (Wildman–Crippen MR) is 56.0 cm³/mol. The van der Waals surface area contributed by atoms with Crippen molar-refractivity contribution < 1.29 is 17.9 Å². The van der Waals surface area contributed by atoms with E-state index in [0.717, 1.165) is 0 Å². The molecule has 0 radical (unpaired) electrons. The summed E-state index contributed by atoms with van der Waals surface area (Å²) in [6.45, 7) is -0.688. The Hall–Kier alpha value is -0.650. The first-order chi connectivity index (χ1) is 7.34. The van der Waals surface area contributed by atoms with Gasteiger partial charge in [-0.3, -0.25) is 0 Å². The molecule has 0 bridgehead atoms. The molecular weight excluding hydrogens is 266 g/mol. The highest BCUT2D eigenvalue weighted by atomic mass is 35.5. The van der Waals surface area contributed by atoms with Crippen molar-refractivity contribution >= 4 is 23.2 Å². The van der Waals surface area contributed by atoms with Crippen molar-refractivity contribution in [3.05, 3.63) is 28.2 Å². The monoisotopic (exact) mass is 273 g/mol. The Morgan fingerprint density at radius 2 is 1.94 bits per heavy atom. The van der Waals surface area contributed by atoms with Crippen LogP contribution in [-0.2, 0) is 0 Å². The first kappa shape index (κ1) is 13.4. The van der Waals surface area contributed by atoms with E-state index < -0.39 is 18.8 Å². The normalized spacial score (nSPS) is 13.6. The van der Waals surface area contributed by atoms with Crippen molar-refractivity contribution in [1.29, 1.82) is 0 Å². The minimum absolute atomic E-state index is 0.0482. The van der Waals surface area contributed by atoms with E-state index in [2.05, 4.69) is 4.74 Å². The molecule has 2 nitrogen and oxygen atoms in total. The van der Waals surface area contributed by atoms with Gasteiger partial charge in [-0.25, -0.2) is 0 Å². The lowest BCUT2D eigenvalue weighted by Crippen LogP contribution is -2.40. The lowest BCUT2D eigenvalue weighted by molar-refractivity contribution is -0.191. The van der Waals surface area contributed by atoms with E-state index in [1.165, 1.54) is 18.2 Å². The van der Waals surface area contributed by atoms with Crippen LogP contribution in [0.5, 0.6) is 5.75 Å². The van der Waals surface area contributed by atoms with E-state index in [-0.39, 0.29) is 15.8 Å². The molecule has 0 aliphatic heterocycles. The fourth-order valence-electron chi connectivity index (χ4n) is 0.969. The molecule has 1 unspecified atom stereocenters. The van der Waals surface area contributed by atoms with Crippen LogP contribution in [0.15, 0.2) is 18.2 Å². The summed E-state index contributed by atoms with van der Waals surface area (Å²) in [7, 11) is 0. The number of hydrogen-bond donors (Lipinski definition) is 1. The van der Waals surface area contributed by atoms with Gasteiger partial charge in [-0.05, 0) is 12.1 Å². The SMILES string of the molecule is NCC(Oc1cc(Cl)ccc1Cl)C(F)(F)F. The molecule has 7 heteroatoms. The maximum atomic E-state index is 12.4. The lowest BCUT2D eigenvalue weighted by atomic mass is 10.3. The number of halogens is 5. The number of hydrogen-bond acceptors (Lipinski definition) is 2. The zero-order valence-electron chi connectivity index (χ0n) is 7.89. The van der Waals surface area contributed by atoms with Crippen LogP contribution in [0.25, 0.3) is 0 Å². The fourth-order valence-corrected chi connectivity index (χ4v) is 1.29. The number of ether oxygens (including phenoxy) is 1. The average molecular weight is 274 g/mol. The topological polar surface area (TPSA) is 35.2 Å². The van der Waals surface area contributed by atoms with Gasteiger partial charge < -0.3 is 10.5 Å². The summed E-state index contributed by atoms with van der Waals surface area (Å²) in [5.41, 5.74) is 4.97. The molecule has 1 aromatic carbocycles. The second-order valence-corrected chi connectivity index (χ2v) is 3.80. The minimum Gasteiger partial charge on any atom is -0.478 e. The Morgan fingerprint density at radius 1 is 1.31 bits per heavy atom. The zero-order chi connectivity index (χ0) is 12.3. The van der Waals surface area contributed by atoms with Gasteiger partial charge in [0.15, 0.2) is 0 Å². The van der Waals surface area contributed by atoms with Gasteiger partial charge >= 0.3 is 6.18 Å². The summed E-state index contributed by atoms with van der Waals surface area (Å²) in [5, 5.41) is 0.282. The summed E-state index contributed by atoms with van der Waals surface area (Å²) in [6.07, 6.45) is -6.64. The Kier molecular flexibility index (Phi) is 4.29. The predicted octanol–water partition coefficient (Wildman–Crippen LogP) is 3.26. The molecule has 16 heavy (non-hydrogen) atoms. The van der Waals surface area contributed by atoms with Crippen LogP contribution >= 0.6 is 23.2 Å². The van der Waals surface area contributed by atoms with E-state index in [0.29, 0.717) is 0 Å². The Balaban J connectivity index is 2.90. The highest BCUT2D eigenvalue weighted by molar-refractivity contribution is 6.34. The van der Waals surface area contributed by atoms with Crippen LogP contribution in [0, 0.1) is 0 Å². The van der Waals surface area contributed by atoms with Crippen molar-refractivity contribution in [1.82, 2.24) is 0 Å². The summed E-state index contributed by atoms with van der Waals surface area (Å²) in [4.78, 5) is 0. The summed E-state index contributed by atoms with van der Waals surface area (Å²) >= 11 is 11.3. The maximum Gasteiger partial charge on any atom is 0.426 e. The molecule has 0 aromatic heterocycles. The van der Waals surface area contributed by atoms with Crippen molar-refractivity contribution in [2.24, 2.45) is 5.73 Å². The molecule has 0 fully saturated rings. The van der Waals surface area contributed by atoms with Crippen molar-refractivity contribution in [3.63, 3.8) is 0 Å². The molecule has 0 saturated carbocycles. The van der Waals surface area contributed by atoms with Gasteiger partial charge in [0, 0.05) is 17.6 Å². The first-order valence-electron chi connectivity index (χ1n) is 4.23. The minimum atomic E-state index is -4.54. The van der Waals surface area contributed by atoms with Crippen LogP contribution < -0.4 is 10.5 Å². The van der Waals surface area contributed by atoms with Crippen LogP contribution in [-0.4, -0.2) is 18.8 Å². The van der Waals surface area contributed by atoms with Gasteiger partial charge in [0.1, 0.15) is 5.75 Å². The molecular formula is C9H8Cl2F3NO. The largest absolute Gasteiger partial charge is 0.478 e. The van der Waals surface area contributed by atoms with Crippen LogP contribution in [0.4, 0.5) is 13.2 Å². The fraction of sp³-hybridized carbons (Fsp3) is 0.333. The molecule has 0 aliphatic carbocycles. The highest BCUT2D eigenvalue weighted by Gasteiger charge is 2.41. The number of nitrogens with two attached hydrogens (primary N) is 1. The number of alkyl halides is 3. The molecule has 90 valence electrons. The standard InChI is InChI=1S/C9H8Cl2F3NO/c10-5-1-2-6(11)7(3-5)16-8(4-15)9(12,13)14/h1-3,8H,4,15H2. The molecule has 1 rings (SSSR count). The van der Waals surface area contributed by atoms with E-state index in [1.54, 1.807) is 0 Å². The van der Waals surface area contributed by atoms with Crippen LogP contribution in [0.1, 0.15) is 0 Å². The van der Waals surface area contributed by atoms with Gasteiger partial charge in [0.05, 0.1) is 5.02 Å². The number of rotatable bonds is 3. The average Bonchev–Trinajstić information content (AvgIpc) is 2.17. The third kappa shape index (κ3) is 3.43. The summed E-state index contributed by atoms with van der Waals surface area (Å²) < 4.78 is 41.7. The van der Waals surface area contributed by atoms with Gasteiger partial charge in [-0.2, -0.15) is 13.2 Å². The highest BCUT2D eigenvalue weighted by Crippen LogP contribution is 2.31. The molecule has 1 atom stereocenters. The summed E-state index contributed by atoms with van der Waals surface area (Å²) in [5.74, 6) is -0.137. The Bertz CT molecular complexity index is 370. The van der Waals surface area contributed by atoms with Crippen LogP contribution in [0.3, 0.4) is 0 Å². The van der Waals surface area contributed by atoms with E-state index >= 15 is 0 Å². The lowest BCUT2D eigenvalue weighted by Gasteiger charge is -2.20. The smallest absolute Gasteiger partial charge is 0.426 e. The third-order valence-electron chi connectivity index (χ3n) is 1.74. The van der Waals surface area contributed by atoms with Gasteiger partial charge in [-0.1, -0.05) is 23.2 Å². The zero-order valence-corrected chi connectivity index (χ0v) is 9.40. The summed E-state index contributed by atoms with van der Waals surface area (Å²) in [6, 6.07) is 4.00. The molecule has 1 aromatic rings. The van der Waals surface area contributed by atoms with E-state index in [9.17, 15) is 13.2 Å². The van der Waals surface area contributed by atoms with Crippen LogP contribution in [0.2, 0.25) is 10.0 Å². The van der Waals surface area contributed by atoms with Crippen molar-refractivity contribution in [2.75, 3.05) is 6.54 Å². The number of benzene rings is 1. The van der Waals surface area contributed by atoms with Gasteiger partial charge in [-0.15, -0.1) is 0 Å². The second kappa shape index (κ2) is 5.12. The quantitative estimate of drug-likeness (QED) is 0.918. The first-order valence-corrected chi connectivity index (χ1v) is 4.98. The molecule has 0 spiro atoms. The van der Waals surface area contributed by atoms with Crippen molar-refractivity contribution in [3.8, 4) is 5.75 Å². The van der Waals surface area contributed by atoms with E-state index in [1.807, 2.05) is 0 Å². The molecule has 0 aliphatic rings. The third-order valence-corrected chi connectivity index (χ3v) is 2.29. The maximum absolute atomic E-state index is 12.4. The molecule has 0 heterocycles. The Morgan fingerprint density at radius 3 is 2.44 bits per heavy atom.